The number of aliphatic hydroxyl groups is 1. The second kappa shape index (κ2) is 7.14. The fourth-order valence-corrected chi connectivity index (χ4v) is 2.07. The molecular formula is C13H24N4O3. The molecule has 1 unspecified atom stereocenters. The molecular weight excluding hydrogens is 260 g/mol. The van der Waals surface area contributed by atoms with E-state index >= 15 is 0 Å². The Balaban J connectivity index is 3.20. The summed E-state index contributed by atoms with van der Waals surface area (Å²) in [6.45, 7) is 6.36. The molecule has 1 aromatic heterocycles. The van der Waals surface area contributed by atoms with Crippen LogP contribution in [-0.2, 0) is 6.54 Å². The highest BCUT2D eigenvalue weighted by Crippen LogP contribution is 2.16. The molecule has 0 radical (unpaired) electrons. The van der Waals surface area contributed by atoms with Gasteiger partial charge < -0.3 is 16.2 Å². The Morgan fingerprint density at radius 1 is 1.40 bits per heavy atom. The van der Waals surface area contributed by atoms with Crippen LogP contribution in [0.4, 0.5) is 11.5 Å². The van der Waals surface area contributed by atoms with Crippen molar-refractivity contribution in [1.82, 2.24) is 9.55 Å². The number of hydrogen-bond acceptors (Lipinski definition) is 5. The number of aliphatic hydroxyl groups excluding tert-OH is 1. The Bertz CT molecular complexity index is 548. The molecule has 1 rings (SSSR count). The lowest BCUT2D eigenvalue weighted by Gasteiger charge is -2.23. The van der Waals surface area contributed by atoms with Crippen molar-refractivity contribution >= 4 is 11.5 Å². The van der Waals surface area contributed by atoms with E-state index in [4.69, 9.17) is 10.8 Å². The number of rotatable bonds is 7. The van der Waals surface area contributed by atoms with Gasteiger partial charge in [-0.25, -0.2) is 4.79 Å². The number of hydrogen-bond donors (Lipinski definition) is 4. The van der Waals surface area contributed by atoms with Gasteiger partial charge in [0.15, 0.2) is 0 Å². The SMILES string of the molecule is CCCn1c(N)c(NC(CCO)C(C)C)c(=O)[nH]c1=O. The Morgan fingerprint density at radius 2 is 2.05 bits per heavy atom. The van der Waals surface area contributed by atoms with Crippen molar-refractivity contribution < 1.29 is 5.11 Å². The summed E-state index contributed by atoms with van der Waals surface area (Å²) in [6, 6.07) is -0.0871. The van der Waals surface area contributed by atoms with Crippen molar-refractivity contribution in [2.75, 3.05) is 17.7 Å². The van der Waals surface area contributed by atoms with Crippen molar-refractivity contribution in [3.05, 3.63) is 20.8 Å². The molecule has 5 N–H and O–H groups in total. The number of nitrogens with zero attached hydrogens (tertiary/aromatic N) is 1. The number of nitrogens with two attached hydrogens (primary N) is 1. The summed E-state index contributed by atoms with van der Waals surface area (Å²) in [6.07, 6.45) is 1.24. The third kappa shape index (κ3) is 3.63. The van der Waals surface area contributed by atoms with Gasteiger partial charge in [0, 0.05) is 19.2 Å². The standard InChI is InChI=1S/C13H24N4O3/c1-4-6-17-11(14)10(12(19)16-13(17)20)15-9(5-7-18)8(2)3/h8-9,15,18H,4-7,14H2,1-3H3,(H,16,19,20). The van der Waals surface area contributed by atoms with E-state index in [0.29, 0.717) is 13.0 Å². The van der Waals surface area contributed by atoms with Crippen molar-refractivity contribution in [2.45, 2.75) is 46.2 Å². The number of nitrogen functional groups attached to an aromatic ring is 1. The molecule has 0 aliphatic carbocycles. The molecule has 0 saturated carbocycles. The monoisotopic (exact) mass is 284 g/mol. The second-order valence-corrected chi connectivity index (χ2v) is 5.18. The summed E-state index contributed by atoms with van der Waals surface area (Å²) >= 11 is 0. The Morgan fingerprint density at radius 3 is 2.55 bits per heavy atom. The van der Waals surface area contributed by atoms with Crippen LogP contribution in [0.15, 0.2) is 9.59 Å². The van der Waals surface area contributed by atoms with Crippen LogP contribution in [0, 0.1) is 5.92 Å². The molecule has 1 atom stereocenters. The average molecular weight is 284 g/mol. The van der Waals surface area contributed by atoms with Crippen LogP contribution in [0.2, 0.25) is 0 Å². The predicted molar refractivity (Wildman–Crippen MR) is 80.0 cm³/mol. The highest BCUT2D eigenvalue weighted by molar-refractivity contribution is 5.60. The van der Waals surface area contributed by atoms with E-state index < -0.39 is 11.2 Å². The van der Waals surface area contributed by atoms with Crippen LogP contribution in [0.25, 0.3) is 0 Å². The van der Waals surface area contributed by atoms with Crippen molar-refractivity contribution in [2.24, 2.45) is 5.92 Å². The van der Waals surface area contributed by atoms with Gasteiger partial charge in [-0.15, -0.1) is 0 Å². The fourth-order valence-electron chi connectivity index (χ4n) is 2.07. The Hall–Kier alpha value is -1.76. The Labute approximate surface area is 117 Å². The maximum atomic E-state index is 11.9. The number of aromatic nitrogens is 2. The van der Waals surface area contributed by atoms with E-state index in [1.165, 1.54) is 4.57 Å². The predicted octanol–water partition coefficient (Wildman–Crippen LogP) is 0.348. The van der Waals surface area contributed by atoms with Crippen LogP contribution in [0.1, 0.15) is 33.6 Å². The summed E-state index contributed by atoms with van der Waals surface area (Å²) in [5.41, 5.74) is 5.11. The van der Waals surface area contributed by atoms with Crippen molar-refractivity contribution in [1.29, 1.82) is 0 Å². The molecule has 7 nitrogen and oxygen atoms in total. The van der Waals surface area contributed by atoms with Crippen molar-refractivity contribution in [3.8, 4) is 0 Å². The first-order valence-corrected chi connectivity index (χ1v) is 6.92. The van der Waals surface area contributed by atoms with Crippen LogP contribution < -0.4 is 22.3 Å². The summed E-state index contributed by atoms with van der Waals surface area (Å²) in [7, 11) is 0. The number of aromatic amines is 1. The zero-order chi connectivity index (χ0) is 15.3. The molecule has 0 aliphatic heterocycles. The average Bonchev–Trinajstić information content (AvgIpc) is 2.37. The smallest absolute Gasteiger partial charge is 0.330 e. The molecule has 114 valence electrons. The highest BCUT2D eigenvalue weighted by Gasteiger charge is 2.18. The summed E-state index contributed by atoms with van der Waals surface area (Å²) < 4.78 is 1.35. The zero-order valence-electron chi connectivity index (χ0n) is 12.3. The van der Waals surface area contributed by atoms with Gasteiger partial charge in [0.25, 0.3) is 5.56 Å². The molecule has 0 aliphatic rings. The second-order valence-electron chi connectivity index (χ2n) is 5.18. The molecule has 20 heavy (non-hydrogen) atoms. The van der Waals surface area contributed by atoms with Gasteiger partial charge in [-0.3, -0.25) is 14.3 Å². The quantitative estimate of drug-likeness (QED) is 0.577. The molecule has 1 heterocycles. The topological polar surface area (TPSA) is 113 Å². The zero-order valence-corrected chi connectivity index (χ0v) is 12.3. The molecule has 0 amide bonds. The van der Waals surface area contributed by atoms with Gasteiger partial charge in [-0.1, -0.05) is 20.8 Å². The lowest BCUT2D eigenvalue weighted by molar-refractivity contribution is 0.267. The first kappa shape index (κ1) is 16.3. The maximum Gasteiger partial charge on any atom is 0.330 e. The van der Waals surface area contributed by atoms with Crippen LogP contribution >= 0.6 is 0 Å². The van der Waals surface area contributed by atoms with Gasteiger partial charge >= 0.3 is 5.69 Å². The van der Waals surface area contributed by atoms with Gasteiger partial charge in [0.1, 0.15) is 11.5 Å². The lowest BCUT2D eigenvalue weighted by atomic mass is 10.0. The number of anilines is 2. The molecule has 0 bridgehead atoms. The van der Waals surface area contributed by atoms with Crippen LogP contribution in [0.3, 0.4) is 0 Å². The minimum Gasteiger partial charge on any atom is -0.396 e. The number of nitrogens with one attached hydrogen (secondary N) is 2. The first-order valence-electron chi connectivity index (χ1n) is 6.92. The third-order valence-electron chi connectivity index (χ3n) is 3.26. The van der Waals surface area contributed by atoms with Gasteiger partial charge in [0.05, 0.1) is 0 Å². The largest absolute Gasteiger partial charge is 0.396 e. The van der Waals surface area contributed by atoms with E-state index in [1.807, 2.05) is 20.8 Å². The van der Waals surface area contributed by atoms with E-state index in [9.17, 15) is 9.59 Å². The molecule has 7 heteroatoms. The third-order valence-corrected chi connectivity index (χ3v) is 3.26. The fraction of sp³-hybridized carbons (Fsp3) is 0.692. The summed E-state index contributed by atoms with van der Waals surface area (Å²) in [5.74, 6) is 0.358. The number of H-pyrrole nitrogens is 1. The molecule has 1 aromatic rings. The highest BCUT2D eigenvalue weighted by atomic mass is 16.3. The first-order chi connectivity index (χ1) is 9.42. The normalized spacial score (nSPS) is 12.7. The molecule has 0 fully saturated rings. The van der Waals surface area contributed by atoms with Gasteiger partial charge in [0.2, 0.25) is 0 Å². The van der Waals surface area contributed by atoms with Crippen molar-refractivity contribution in [3.63, 3.8) is 0 Å². The van der Waals surface area contributed by atoms with Gasteiger partial charge in [-0.2, -0.15) is 0 Å². The van der Waals surface area contributed by atoms with E-state index in [2.05, 4.69) is 10.3 Å². The van der Waals surface area contributed by atoms with Gasteiger partial charge in [-0.05, 0) is 18.8 Å². The summed E-state index contributed by atoms with van der Waals surface area (Å²) in [4.78, 5) is 25.9. The Kier molecular flexibility index (Phi) is 5.82. The minimum absolute atomic E-state index is 0.0161. The van der Waals surface area contributed by atoms with E-state index in [-0.39, 0.29) is 30.1 Å². The molecule has 0 spiro atoms. The van der Waals surface area contributed by atoms with E-state index in [0.717, 1.165) is 6.42 Å². The lowest BCUT2D eigenvalue weighted by Crippen LogP contribution is -2.37. The minimum atomic E-state index is -0.525. The molecule has 0 saturated heterocycles. The molecule has 0 aromatic carbocycles. The van der Waals surface area contributed by atoms with Crippen LogP contribution in [0.5, 0.6) is 0 Å². The van der Waals surface area contributed by atoms with E-state index in [1.54, 1.807) is 0 Å². The van der Waals surface area contributed by atoms with Crippen LogP contribution in [-0.4, -0.2) is 27.3 Å². The maximum absolute atomic E-state index is 11.9. The summed E-state index contributed by atoms with van der Waals surface area (Å²) in [5, 5.41) is 12.1.